The summed E-state index contributed by atoms with van der Waals surface area (Å²) in [5, 5.41) is 16.5. The molecule has 0 amide bonds. The van der Waals surface area contributed by atoms with Crippen molar-refractivity contribution in [2.24, 2.45) is 5.92 Å². The van der Waals surface area contributed by atoms with Crippen molar-refractivity contribution in [2.45, 2.75) is 38.2 Å². The lowest BCUT2D eigenvalue weighted by Crippen LogP contribution is -2.50. The van der Waals surface area contributed by atoms with Crippen molar-refractivity contribution in [1.29, 1.82) is 0 Å². The zero-order valence-corrected chi connectivity index (χ0v) is 15.0. The molecule has 0 saturated carbocycles. The van der Waals surface area contributed by atoms with E-state index >= 15 is 0 Å². The number of hydrogen-bond acceptors (Lipinski definition) is 4. The zero-order valence-electron chi connectivity index (χ0n) is 15.0. The van der Waals surface area contributed by atoms with Gasteiger partial charge in [-0.1, -0.05) is 43.8 Å². The molecule has 0 bridgehead atoms. The van der Waals surface area contributed by atoms with Crippen molar-refractivity contribution >= 4 is 5.97 Å². The molecule has 1 aliphatic carbocycles. The van der Waals surface area contributed by atoms with Gasteiger partial charge < -0.3 is 14.9 Å². The van der Waals surface area contributed by atoms with Crippen molar-refractivity contribution in [1.82, 2.24) is 10.2 Å². The number of esters is 1. The lowest BCUT2D eigenvalue weighted by atomic mass is 9.66. The van der Waals surface area contributed by atoms with Crippen molar-refractivity contribution in [3.8, 4) is 0 Å². The van der Waals surface area contributed by atoms with Crippen LogP contribution >= 0.6 is 0 Å². The first-order valence-corrected chi connectivity index (χ1v) is 8.77. The van der Waals surface area contributed by atoms with Crippen LogP contribution < -0.4 is 5.56 Å². The molecule has 0 radical (unpaired) electrons. The molecule has 6 nitrogen and oxygen atoms in total. The Hall–Kier alpha value is -2.60. The fraction of sp³-hybridized carbons (Fsp3) is 0.400. The van der Waals surface area contributed by atoms with Crippen LogP contribution in [0.5, 0.6) is 0 Å². The highest BCUT2D eigenvalue weighted by Gasteiger charge is 2.51. The summed E-state index contributed by atoms with van der Waals surface area (Å²) >= 11 is 0. The maximum absolute atomic E-state index is 12.8. The average molecular weight is 356 g/mol. The second-order valence-corrected chi connectivity index (χ2v) is 6.97. The van der Waals surface area contributed by atoms with Gasteiger partial charge in [-0.2, -0.15) is 0 Å². The third-order valence-corrected chi connectivity index (χ3v) is 5.09. The monoisotopic (exact) mass is 356 g/mol. The van der Waals surface area contributed by atoms with Gasteiger partial charge in [-0.25, -0.2) is 0 Å². The molecule has 0 spiro atoms. The van der Waals surface area contributed by atoms with Gasteiger partial charge in [-0.3, -0.25) is 14.7 Å². The Kier molecular flexibility index (Phi) is 4.87. The SMILES string of the molecule is C=CCOC(=O)C1C(c2ccc(CC)cc2)c2c([nH][nH]c2=O)CC1(C)O. The topological polar surface area (TPSA) is 95.2 Å². The van der Waals surface area contributed by atoms with Crippen molar-refractivity contribution in [2.75, 3.05) is 6.61 Å². The second kappa shape index (κ2) is 6.96. The third-order valence-electron chi connectivity index (χ3n) is 5.09. The minimum atomic E-state index is -1.36. The van der Waals surface area contributed by atoms with Crippen molar-refractivity contribution in [3.05, 3.63) is 69.7 Å². The van der Waals surface area contributed by atoms with Gasteiger partial charge in [-0.15, -0.1) is 0 Å². The lowest BCUT2D eigenvalue weighted by molar-refractivity contribution is -0.158. The number of ether oxygens (including phenoxy) is 1. The highest BCUT2D eigenvalue weighted by Crippen LogP contribution is 2.44. The van der Waals surface area contributed by atoms with Gasteiger partial charge in [0.2, 0.25) is 0 Å². The summed E-state index contributed by atoms with van der Waals surface area (Å²) in [5.41, 5.74) is 1.43. The van der Waals surface area contributed by atoms with E-state index < -0.39 is 23.4 Å². The summed E-state index contributed by atoms with van der Waals surface area (Å²) in [4.78, 5) is 25.2. The van der Waals surface area contributed by atoms with Crippen LogP contribution in [-0.4, -0.2) is 33.5 Å². The van der Waals surface area contributed by atoms with Crippen molar-refractivity contribution < 1.29 is 14.6 Å². The van der Waals surface area contributed by atoms with Crippen LogP contribution in [0.25, 0.3) is 0 Å². The lowest BCUT2D eigenvalue weighted by Gasteiger charge is -2.40. The van der Waals surface area contributed by atoms with E-state index in [0.717, 1.165) is 17.5 Å². The van der Waals surface area contributed by atoms with Gasteiger partial charge in [-0.05, 0) is 24.5 Å². The van der Waals surface area contributed by atoms with E-state index in [1.165, 1.54) is 6.08 Å². The predicted molar refractivity (Wildman–Crippen MR) is 98.1 cm³/mol. The first kappa shape index (κ1) is 18.2. The Morgan fingerprint density at radius 3 is 2.69 bits per heavy atom. The van der Waals surface area contributed by atoms with Crippen LogP contribution in [0.1, 0.15) is 42.1 Å². The molecule has 3 atom stereocenters. The smallest absolute Gasteiger partial charge is 0.313 e. The number of rotatable bonds is 5. The minimum Gasteiger partial charge on any atom is -0.461 e. The van der Waals surface area contributed by atoms with Gasteiger partial charge >= 0.3 is 5.97 Å². The second-order valence-electron chi connectivity index (χ2n) is 6.97. The molecule has 1 aromatic carbocycles. The molecule has 1 heterocycles. The number of H-pyrrole nitrogens is 2. The molecule has 138 valence electrons. The molecule has 3 rings (SSSR count). The largest absolute Gasteiger partial charge is 0.461 e. The van der Waals surface area contributed by atoms with Gasteiger partial charge in [0.15, 0.2) is 0 Å². The number of carbonyl (C=O) groups is 1. The molecule has 0 saturated heterocycles. The van der Waals surface area contributed by atoms with E-state index in [0.29, 0.717) is 11.3 Å². The number of nitrogens with one attached hydrogen (secondary N) is 2. The quantitative estimate of drug-likeness (QED) is 0.564. The van der Waals surface area contributed by atoms with Crippen LogP contribution in [0.2, 0.25) is 0 Å². The molecule has 3 N–H and O–H groups in total. The van der Waals surface area contributed by atoms with E-state index in [1.807, 2.05) is 24.3 Å². The number of aryl methyl sites for hydroxylation is 1. The molecule has 3 unspecified atom stereocenters. The van der Waals surface area contributed by atoms with E-state index in [-0.39, 0.29) is 18.6 Å². The van der Waals surface area contributed by atoms with Crippen LogP contribution in [0.4, 0.5) is 0 Å². The Bertz CT molecular complexity index is 861. The molecule has 1 aromatic heterocycles. The molecule has 0 aliphatic heterocycles. The van der Waals surface area contributed by atoms with E-state index in [1.54, 1.807) is 6.92 Å². The fourth-order valence-electron chi connectivity index (χ4n) is 3.81. The van der Waals surface area contributed by atoms with Crippen LogP contribution in [0.15, 0.2) is 41.7 Å². The van der Waals surface area contributed by atoms with Crippen LogP contribution in [0.3, 0.4) is 0 Å². The highest BCUT2D eigenvalue weighted by molar-refractivity contribution is 5.77. The summed E-state index contributed by atoms with van der Waals surface area (Å²) in [6.45, 7) is 7.28. The zero-order chi connectivity index (χ0) is 18.9. The fourth-order valence-corrected chi connectivity index (χ4v) is 3.81. The summed E-state index contributed by atoms with van der Waals surface area (Å²) in [6, 6.07) is 7.78. The molecule has 2 aromatic rings. The summed E-state index contributed by atoms with van der Waals surface area (Å²) < 4.78 is 5.25. The maximum atomic E-state index is 12.8. The first-order chi connectivity index (χ1) is 12.4. The summed E-state index contributed by atoms with van der Waals surface area (Å²) in [7, 11) is 0. The third kappa shape index (κ3) is 3.12. The molecule has 0 fully saturated rings. The van der Waals surface area contributed by atoms with Gasteiger partial charge in [0.1, 0.15) is 6.61 Å². The maximum Gasteiger partial charge on any atom is 0.313 e. The van der Waals surface area contributed by atoms with Gasteiger partial charge in [0.05, 0.1) is 11.5 Å². The van der Waals surface area contributed by atoms with E-state index in [2.05, 4.69) is 23.7 Å². The summed E-state index contributed by atoms with van der Waals surface area (Å²) in [5.74, 6) is -2.02. The Balaban J connectivity index is 2.14. The van der Waals surface area contributed by atoms with Crippen LogP contribution in [-0.2, 0) is 22.4 Å². The molecular formula is C20H24N2O4. The number of benzene rings is 1. The minimum absolute atomic E-state index is 0.0588. The number of hydrogen-bond donors (Lipinski definition) is 3. The van der Waals surface area contributed by atoms with E-state index in [4.69, 9.17) is 4.74 Å². The average Bonchev–Trinajstić information content (AvgIpc) is 2.97. The van der Waals surface area contributed by atoms with Gasteiger partial charge in [0.25, 0.3) is 5.56 Å². The summed E-state index contributed by atoms with van der Waals surface area (Å²) in [6.07, 6.45) is 2.54. The van der Waals surface area contributed by atoms with Gasteiger partial charge in [0, 0.05) is 23.6 Å². The van der Waals surface area contributed by atoms with E-state index in [9.17, 15) is 14.7 Å². The first-order valence-electron chi connectivity index (χ1n) is 8.77. The highest BCUT2D eigenvalue weighted by atomic mass is 16.5. The number of carbonyl (C=O) groups excluding carboxylic acids is 1. The Labute approximate surface area is 151 Å². The van der Waals surface area contributed by atoms with Crippen LogP contribution in [0, 0.1) is 5.92 Å². The molecular weight excluding hydrogens is 332 g/mol. The molecule has 6 heteroatoms. The Morgan fingerprint density at radius 2 is 2.08 bits per heavy atom. The number of aromatic nitrogens is 2. The number of aliphatic hydroxyl groups is 1. The van der Waals surface area contributed by atoms with Crippen molar-refractivity contribution in [3.63, 3.8) is 0 Å². The molecule has 26 heavy (non-hydrogen) atoms. The molecule has 1 aliphatic rings. The number of fused-ring (bicyclic) bond motifs is 1. The Morgan fingerprint density at radius 1 is 1.38 bits per heavy atom. The number of aromatic amines is 2. The normalized spacial score (nSPS) is 24.7. The standard InChI is InChI=1S/C20H24N2O4/c1-4-10-26-19(24)17-15(13-8-6-12(5-2)7-9-13)16-14(11-20(17,3)25)21-22-18(16)23/h4,6-9,15,17,25H,1,5,10-11H2,2-3H3,(H2,21,22,23). The predicted octanol–water partition coefficient (Wildman–Crippen LogP) is 2.05.